The molecule has 0 aliphatic rings. The van der Waals surface area contributed by atoms with Gasteiger partial charge in [0, 0.05) is 10.5 Å². The molecule has 0 fully saturated rings. The number of halogens is 1. The Bertz CT molecular complexity index is 407. The van der Waals surface area contributed by atoms with Gasteiger partial charge in [0.1, 0.15) is 0 Å². The smallest absolute Gasteiger partial charge is 0.234 e. The summed E-state index contributed by atoms with van der Waals surface area (Å²) >= 11 is 3.46. The molecule has 1 amide bonds. The molecule has 0 aliphatic heterocycles. The zero-order chi connectivity index (χ0) is 13.7. The van der Waals surface area contributed by atoms with E-state index in [1.54, 1.807) is 0 Å². The van der Waals surface area contributed by atoms with Crippen molar-refractivity contribution in [1.82, 2.24) is 5.32 Å². The maximum atomic E-state index is 11.4. The number of amides is 1. The molecule has 0 aromatic heterocycles. The Morgan fingerprint density at radius 1 is 1.44 bits per heavy atom. The van der Waals surface area contributed by atoms with Gasteiger partial charge in [0.2, 0.25) is 5.91 Å². The molecule has 0 aliphatic carbocycles. The molecule has 0 bridgehead atoms. The second-order valence-corrected chi connectivity index (χ2v) is 5.72. The summed E-state index contributed by atoms with van der Waals surface area (Å²) in [6.45, 7) is 6.09. The van der Waals surface area contributed by atoms with Crippen molar-refractivity contribution in [1.29, 1.82) is 0 Å². The van der Waals surface area contributed by atoms with Crippen LogP contribution in [0, 0.1) is 5.92 Å². The van der Waals surface area contributed by atoms with Crippen molar-refractivity contribution in [2.75, 3.05) is 0 Å². The number of nitrogens with two attached hydrogens (primary N) is 1. The first-order valence-corrected chi connectivity index (χ1v) is 7.05. The van der Waals surface area contributed by atoms with Crippen molar-refractivity contribution in [3.63, 3.8) is 0 Å². The fraction of sp³-hybridized carbons (Fsp3) is 0.500. The molecule has 4 heteroatoms. The van der Waals surface area contributed by atoms with Crippen LogP contribution in [0.5, 0.6) is 0 Å². The maximum Gasteiger partial charge on any atom is 0.234 e. The van der Waals surface area contributed by atoms with Crippen LogP contribution in [-0.4, -0.2) is 11.9 Å². The van der Waals surface area contributed by atoms with E-state index in [-0.39, 0.29) is 23.9 Å². The fourth-order valence-electron chi connectivity index (χ4n) is 1.99. The van der Waals surface area contributed by atoms with Crippen LogP contribution in [-0.2, 0) is 4.79 Å². The quantitative estimate of drug-likeness (QED) is 0.848. The Hall–Kier alpha value is -0.870. The van der Waals surface area contributed by atoms with Crippen molar-refractivity contribution >= 4 is 21.8 Å². The van der Waals surface area contributed by atoms with Gasteiger partial charge in [-0.3, -0.25) is 10.1 Å². The van der Waals surface area contributed by atoms with Gasteiger partial charge in [0.05, 0.1) is 6.04 Å². The van der Waals surface area contributed by atoms with Crippen LogP contribution in [0.2, 0.25) is 0 Å². The predicted molar refractivity (Wildman–Crippen MR) is 78.1 cm³/mol. The van der Waals surface area contributed by atoms with E-state index < -0.39 is 0 Å². The van der Waals surface area contributed by atoms with E-state index in [0.717, 1.165) is 10.9 Å². The molecular weight excluding hydrogens is 292 g/mol. The molecule has 1 rings (SSSR count). The summed E-state index contributed by atoms with van der Waals surface area (Å²) in [4.78, 5) is 11.4. The van der Waals surface area contributed by atoms with Crippen LogP contribution >= 0.6 is 15.9 Å². The summed E-state index contributed by atoms with van der Waals surface area (Å²) in [5.41, 5.74) is 6.60. The van der Waals surface area contributed by atoms with Gasteiger partial charge >= 0.3 is 0 Å². The van der Waals surface area contributed by atoms with Gasteiger partial charge < -0.3 is 5.73 Å². The highest BCUT2D eigenvalue weighted by atomic mass is 79.9. The van der Waals surface area contributed by atoms with Crippen LogP contribution < -0.4 is 11.1 Å². The van der Waals surface area contributed by atoms with Gasteiger partial charge in [0.25, 0.3) is 0 Å². The van der Waals surface area contributed by atoms with Crippen molar-refractivity contribution < 1.29 is 4.79 Å². The molecule has 0 saturated carbocycles. The van der Waals surface area contributed by atoms with E-state index in [2.05, 4.69) is 40.3 Å². The third-order valence-corrected chi connectivity index (χ3v) is 3.51. The lowest BCUT2D eigenvalue weighted by atomic mass is 9.98. The first-order valence-electron chi connectivity index (χ1n) is 6.26. The predicted octanol–water partition coefficient (Wildman–Crippen LogP) is 3.00. The van der Waals surface area contributed by atoms with Crippen molar-refractivity contribution in [3.05, 3.63) is 34.3 Å². The monoisotopic (exact) mass is 312 g/mol. The summed E-state index contributed by atoms with van der Waals surface area (Å²) in [7, 11) is 0. The Kier molecular flexibility index (Phi) is 5.82. The summed E-state index contributed by atoms with van der Waals surface area (Å²) in [6.07, 6.45) is 0.910. The number of primary amides is 1. The lowest BCUT2D eigenvalue weighted by Crippen LogP contribution is -2.46. The number of carbonyl (C=O) groups is 1. The normalized spacial score (nSPS) is 14.5. The van der Waals surface area contributed by atoms with Crippen LogP contribution in [0.15, 0.2) is 28.7 Å². The molecule has 1 aromatic carbocycles. The molecule has 0 spiro atoms. The Balaban J connectivity index is 2.87. The highest BCUT2D eigenvalue weighted by Crippen LogP contribution is 2.22. The fourth-order valence-corrected chi connectivity index (χ4v) is 2.41. The first kappa shape index (κ1) is 15.2. The minimum Gasteiger partial charge on any atom is -0.368 e. The van der Waals surface area contributed by atoms with Crippen LogP contribution in [0.1, 0.15) is 38.8 Å². The molecule has 1 aromatic rings. The number of hydrogen-bond donors (Lipinski definition) is 2. The largest absolute Gasteiger partial charge is 0.368 e. The standard InChI is InChI=1S/C14H21BrN2O/c1-4-12(10-6-5-7-11(15)8-10)17-13(9(2)3)14(16)18/h5-9,12-13,17H,4H2,1-3H3,(H2,16,18). The molecule has 0 radical (unpaired) electrons. The van der Waals surface area contributed by atoms with Gasteiger partial charge in [0.15, 0.2) is 0 Å². The maximum absolute atomic E-state index is 11.4. The average Bonchev–Trinajstić information content (AvgIpc) is 2.29. The molecule has 100 valence electrons. The lowest BCUT2D eigenvalue weighted by Gasteiger charge is -2.26. The molecule has 0 heterocycles. The summed E-state index contributed by atoms with van der Waals surface area (Å²) in [5.74, 6) is -0.109. The highest BCUT2D eigenvalue weighted by molar-refractivity contribution is 9.10. The molecule has 0 saturated heterocycles. The Labute approximate surface area is 117 Å². The van der Waals surface area contributed by atoms with Crippen molar-refractivity contribution in [2.24, 2.45) is 11.7 Å². The van der Waals surface area contributed by atoms with E-state index in [1.807, 2.05) is 26.0 Å². The summed E-state index contributed by atoms with van der Waals surface area (Å²) in [6, 6.07) is 7.96. The van der Waals surface area contributed by atoms with Crippen molar-refractivity contribution in [2.45, 2.75) is 39.3 Å². The van der Waals surface area contributed by atoms with E-state index in [9.17, 15) is 4.79 Å². The number of rotatable bonds is 6. The Morgan fingerprint density at radius 2 is 2.11 bits per heavy atom. The first-order chi connectivity index (χ1) is 8.45. The third kappa shape index (κ3) is 4.10. The van der Waals surface area contributed by atoms with Gasteiger partial charge in [-0.2, -0.15) is 0 Å². The average molecular weight is 313 g/mol. The lowest BCUT2D eigenvalue weighted by molar-refractivity contribution is -0.121. The SMILES string of the molecule is CCC(NC(C(N)=O)C(C)C)c1cccc(Br)c1. The summed E-state index contributed by atoms with van der Waals surface area (Å²) in [5, 5.41) is 3.35. The van der Waals surface area contributed by atoms with Gasteiger partial charge in [-0.05, 0) is 30.0 Å². The molecule has 3 N–H and O–H groups in total. The topological polar surface area (TPSA) is 55.1 Å². The number of carbonyl (C=O) groups excluding carboxylic acids is 1. The minimum absolute atomic E-state index is 0.141. The molecule has 2 unspecified atom stereocenters. The molecule has 2 atom stereocenters. The van der Waals surface area contributed by atoms with Crippen LogP contribution in [0.25, 0.3) is 0 Å². The third-order valence-electron chi connectivity index (χ3n) is 3.01. The molecular formula is C14H21BrN2O. The van der Waals surface area contributed by atoms with Crippen molar-refractivity contribution in [3.8, 4) is 0 Å². The van der Waals surface area contributed by atoms with Gasteiger partial charge in [-0.1, -0.05) is 48.8 Å². The Morgan fingerprint density at radius 3 is 2.56 bits per heavy atom. The van der Waals surface area contributed by atoms with E-state index >= 15 is 0 Å². The van der Waals surface area contributed by atoms with E-state index in [0.29, 0.717) is 0 Å². The van der Waals surface area contributed by atoms with E-state index in [4.69, 9.17) is 5.73 Å². The van der Waals surface area contributed by atoms with Crippen LogP contribution in [0.3, 0.4) is 0 Å². The molecule has 18 heavy (non-hydrogen) atoms. The second kappa shape index (κ2) is 6.90. The number of nitrogens with one attached hydrogen (secondary N) is 1. The van der Waals surface area contributed by atoms with Gasteiger partial charge in [-0.25, -0.2) is 0 Å². The highest BCUT2D eigenvalue weighted by Gasteiger charge is 2.23. The molecule has 3 nitrogen and oxygen atoms in total. The minimum atomic E-state index is -0.297. The second-order valence-electron chi connectivity index (χ2n) is 4.81. The van der Waals surface area contributed by atoms with Gasteiger partial charge in [-0.15, -0.1) is 0 Å². The number of benzene rings is 1. The summed E-state index contributed by atoms with van der Waals surface area (Å²) < 4.78 is 1.04. The van der Waals surface area contributed by atoms with Crippen LogP contribution in [0.4, 0.5) is 0 Å². The van der Waals surface area contributed by atoms with E-state index in [1.165, 1.54) is 5.56 Å². The number of hydrogen-bond acceptors (Lipinski definition) is 2. The zero-order valence-electron chi connectivity index (χ0n) is 11.1. The zero-order valence-corrected chi connectivity index (χ0v) is 12.7.